The minimum absolute atomic E-state index is 0. The average Bonchev–Trinajstić information content (AvgIpc) is 2.60. The van der Waals surface area contributed by atoms with Gasteiger partial charge in [-0.25, -0.2) is 0 Å². The van der Waals surface area contributed by atoms with Gasteiger partial charge in [-0.2, -0.15) is 0 Å². The van der Waals surface area contributed by atoms with E-state index >= 15 is 0 Å². The van der Waals surface area contributed by atoms with E-state index in [2.05, 4.69) is 26.0 Å². The number of nitrogens with two attached hydrogens (primary N) is 1. The summed E-state index contributed by atoms with van der Waals surface area (Å²) in [5.74, 6) is 0.788. The van der Waals surface area contributed by atoms with Gasteiger partial charge in [-0.05, 0) is 37.7 Å². The summed E-state index contributed by atoms with van der Waals surface area (Å²) in [5, 5.41) is 0. The first-order valence-electron chi connectivity index (χ1n) is 9.47. The summed E-state index contributed by atoms with van der Waals surface area (Å²) >= 11 is 0. The fourth-order valence-corrected chi connectivity index (χ4v) is 3.39. The number of halogens is 1. The van der Waals surface area contributed by atoms with Gasteiger partial charge in [0.2, 0.25) is 5.91 Å². The summed E-state index contributed by atoms with van der Waals surface area (Å²) in [6, 6.07) is 7.90. The molecule has 5 heteroatoms. The molecule has 1 aromatic rings. The van der Waals surface area contributed by atoms with E-state index in [-0.39, 0.29) is 42.0 Å². The van der Waals surface area contributed by atoms with Crippen LogP contribution in [0.15, 0.2) is 24.3 Å². The molecule has 4 nitrogen and oxygen atoms in total. The quantitative estimate of drug-likeness (QED) is 0.765. The maximum atomic E-state index is 12.7. The Morgan fingerprint density at radius 3 is 2.08 bits per heavy atom. The number of nitrogens with zero attached hydrogens (tertiary/aromatic N) is 1. The predicted molar refractivity (Wildman–Crippen MR) is 109 cm³/mol. The number of rotatable bonds is 6. The third kappa shape index (κ3) is 5.82. The maximum Gasteiger partial charge on any atom is 0.226 e. The highest BCUT2D eigenvalue weighted by molar-refractivity contribution is 5.98. The van der Waals surface area contributed by atoms with E-state index in [9.17, 15) is 9.59 Å². The van der Waals surface area contributed by atoms with Crippen LogP contribution in [0.25, 0.3) is 0 Å². The van der Waals surface area contributed by atoms with E-state index in [1.807, 2.05) is 30.9 Å². The van der Waals surface area contributed by atoms with Crippen molar-refractivity contribution >= 4 is 24.1 Å². The number of carbonyl (C=O) groups is 2. The summed E-state index contributed by atoms with van der Waals surface area (Å²) in [4.78, 5) is 27.0. The second-order valence-corrected chi connectivity index (χ2v) is 7.91. The Hall–Kier alpha value is -1.39. The molecule has 1 fully saturated rings. The van der Waals surface area contributed by atoms with Gasteiger partial charge in [-0.3, -0.25) is 9.59 Å². The van der Waals surface area contributed by atoms with Crippen molar-refractivity contribution in [3.8, 4) is 0 Å². The maximum absolute atomic E-state index is 12.7. The van der Waals surface area contributed by atoms with Crippen molar-refractivity contribution in [2.75, 3.05) is 13.1 Å². The molecule has 26 heavy (non-hydrogen) atoms. The van der Waals surface area contributed by atoms with Gasteiger partial charge in [0.15, 0.2) is 5.78 Å². The smallest absolute Gasteiger partial charge is 0.226 e. The molecule has 1 aliphatic rings. The van der Waals surface area contributed by atoms with E-state index in [4.69, 9.17) is 5.73 Å². The molecule has 1 aliphatic heterocycles. The lowest BCUT2D eigenvalue weighted by atomic mass is 9.87. The Morgan fingerprint density at radius 1 is 1.08 bits per heavy atom. The second kappa shape index (κ2) is 10.1. The second-order valence-electron chi connectivity index (χ2n) is 7.91. The van der Waals surface area contributed by atoms with Crippen molar-refractivity contribution in [2.45, 2.75) is 53.0 Å². The third-order valence-electron chi connectivity index (χ3n) is 5.24. The number of hydrogen-bond donors (Lipinski definition) is 1. The normalized spacial score (nSPS) is 17.5. The Kier molecular flexibility index (Phi) is 8.78. The lowest BCUT2D eigenvalue weighted by molar-refractivity contribution is -0.136. The number of carbonyl (C=O) groups excluding carboxylic acids is 2. The summed E-state index contributed by atoms with van der Waals surface area (Å²) in [7, 11) is 0. The van der Waals surface area contributed by atoms with Gasteiger partial charge in [0.25, 0.3) is 0 Å². The van der Waals surface area contributed by atoms with Crippen LogP contribution in [0, 0.1) is 17.8 Å². The van der Waals surface area contributed by atoms with Crippen molar-refractivity contribution in [1.29, 1.82) is 0 Å². The summed E-state index contributed by atoms with van der Waals surface area (Å²) < 4.78 is 0. The molecule has 2 atom stereocenters. The number of piperidine rings is 1. The molecule has 2 N–H and O–H groups in total. The monoisotopic (exact) mass is 380 g/mol. The molecule has 1 saturated heterocycles. The highest BCUT2D eigenvalue weighted by atomic mass is 35.5. The fraction of sp³-hybridized carbons (Fsp3) is 0.619. The summed E-state index contributed by atoms with van der Waals surface area (Å²) in [6.45, 7) is 9.43. The fourth-order valence-electron chi connectivity index (χ4n) is 3.39. The van der Waals surface area contributed by atoms with Gasteiger partial charge < -0.3 is 10.6 Å². The predicted octanol–water partition coefficient (Wildman–Crippen LogP) is 3.71. The number of amides is 1. The first-order chi connectivity index (χ1) is 11.8. The van der Waals surface area contributed by atoms with Crippen LogP contribution in [0.4, 0.5) is 0 Å². The van der Waals surface area contributed by atoms with Crippen LogP contribution >= 0.6 is 12.4 Å². The number of likely N-dealkylation sites (tertiary alicyclic amines) is 1. The van der Waals surface area contributed by atoms with Crippen LogP contribution in [0.3, 0.4) is 0 Å². The zero-order chi connectivity index (χ0) is 18.6. The molecule has 1 aromatic carbocycles. The van der Waals surface area contributed by atoms with E-state index < -0.39 is 0 Å². The van der Waals surface area contributed by atoms with Crippen LogP contribution in [0.1, 0.15) is 56.5 Å². The number of hydrogen-bond acceptors (Lipinski definition) is 3. The molecule has 1 amide bonds. The van der Waals surface area contributed by atoms with Crippen LogP contribution in [0.2, 0.25) is 0 Å². The van der Waals surface area contributed by atoms with E-state index in [1.165, 1.54) is 5.56 Å². The largest absolute Gasteiger partial charge is 0.342 e. The van der Waals surface area contributed by atoms with Crippen LogP contribution in [-0.2, 0) is 11.2 Å². The zero-order valence-electron chi connectivity index (χ0n) is 16.4. The van der Waals surface area contributed by atoms with Crippen molar-refractivity contribution in [2.24, 2.45) is 23.5 Å². The molecule has 2 rings (SSSR count). The van der Waals surface area contributed by atoms with Crippen molar-refractivity contribution in [3.05, 3.63) is 35.4 Å². The summed E-state index contributed by atoms with van der Waals surface area (Å²) in [5.41, 5.74) is 7.90. The van der Waals surface area contributed by atoms with Crippen molar-refractivity contribution in [3.63, 3.8) is 0 Å². The molecule has 2 unspecified atom stereocenters. The minimum atomic E-state index is -0.166. The van der Waals surface area contributed by atoms with E-state index in [0.717, 1.165) is 24.8 Å². The molecule has 1 heterocycles. The lowest BCUT2D eigenvalue weighted by Crippen LogP contribution is -2.46. The highest BCUT2D eigenvalue weighted by Crippen LogP contribution is 2.23. The van der Waals surface area contributed by atoms with Gasteiger partial charge >= 0.3 is 0 Å². The molecule has 0 spiro atoms. The SMILES string of the molecule is CC(C)Cc1ccc(C(=O)C2CCN(C(=O)C(C)C(C)N)CC2)cc1.Cl. The molecule has 0 saturated carbocycles. The zero-order valence-corrected chi connectivity index (χ0v) is 17.2. The van der Waals surface area contributed by atoms with Crippen molar-refractivity contribution in [1.82, 2.24) is 4.90 Å². The first kappa shape index (κ1) is 22.7. The Balaban J connectivity index is 0.00000338. The third-order valence-corrected chi connectivity index (χ3v) is 5.24. The van der Waals surface area contributed by atoms with Crippen LogP contribution in [0.5, 0.6) is 0 Å². The standard InChI is InChI=1S/C21H32N2O2.ClH/c1-14(2)13-17-5-7-18(8-6-17)20(24)19-9-11-23(12-10-19)21(25)15(3)16(4)22;/h5-8,14-16,19H,9-13,22H2,1-4H3;1H. The average molecular weight is 381 g/mol. The number of Topliss-reactive ketones (excluding diaryl/α,β-unsaturated/α-hetero) is 1. The Bertz CT molecular complexity index is 591. The van der Waals surface area contributed by atoms with Gasteiger partial charge in [-0.15, -0.1) is 12.4 Å². The lowest BCUT2D eigenvalue weighted by Gasteiger charge is -2.33. The van der Waals surface area contributed by atoms with E-state index in [1.54, 1.807) is 0 Å². The van der Waals surface area contributed by atoms with Gasteiger partial charge in [0.1, 0.15) is 0 Å². The van der Waals surface area contributed by atoms with Crippen LogP contribution in [-0.4, -0.2) is 35.7 Å². The Labute approximate surface area is 163 Å². The van der Waals surface area contributed by atoms with Gasteiger partial charge in [0, 0.05) is 30.6 Å². The molecule has 0 aromatic heterocycles. The van der Waals surface area contributed by atoms with Gasteiger partial charge in [0.05, 0.1) is 5.92 Å². The topological polar surface area (TPSA) is 63.4 Å². The molecule has 0 aliphatic carbocycles. The molecular formula is C21H33ClN2O2. The van der Waals surface area contributed by atoms with Crippen molar-refractivity contribution < 1.29 is 9.59 Å². The van der Waals surface area contributed by atoms with E-state index in [0.29, 0.717) is 19.0 Å². The number of ketones is 1. The van der Waals surface area contributed by atoms with Gasteiger partial charge in [-0.1, -0.05) is 45.0 Å². The van der Waals surface area contributed by atoms with Crippen LogP contribution < -0.4 is 5.73 Å². The molecule has 0 radical (unpaired) electrons. The summed E-state index contributed by atoms with van der Waals surface area (Å²) in [6.07, 6.45) is 2.51. The number of benzene rings is 1. The first-order valence-corrected chi connectivity index (χ1v) is 9.47. The minimum Gasteiger partial charge on any atom is -0.342 e. The molecular weight excluding hydrogens is 348 g/mol. The molecule has 0 bridgehead atoms. The highest BCUT2D eigenvalue weighted by Gasteiger charge is 2.30. The molecule has 146 valence electrons. The Morgan fingerprint density at radius 2 is 1.62 bits per heavy atom.